The van der Waals surface area contributed by atoms with Gasteiger partial charge in [-0.3, -0.25) is 4.79 Å². The van der Waals surface area contributed by atoms with E-state index in [0.29, 0.717) is 17.4 Å². The topological polar surface area (TPSA) is 101 Å². The highest BCUT2D eigenvalue weighted by Gasteiger charge is 2.14. The number of aromatic nitrogens is 1. The van der Waals surface area contributed by atoms with Crippen LogP contribution in [0.1, 0.15) is 30.8 Å². The second-order valence-electron chi connectivity index (χ2n) is 7.96. The average Bonchev–Trinajstić information content (AvgIpc) is 2.92. The summed E-state index contributed by atoms with van der Waals surface area (Å²) in [7, 11) is -3.12. The summed E-state index contributed by atoms with van der Waals surface area (Å²) in [5, 5.41) is 12.2. The third-order valence-electron chi connectivity index (χ3n) is 4.64. The van der Waals surface area contributed by atoms with Gasteiger partial charge >= 0.3 is 0 Å². The molecule has 0 atom stereocenters. The van der Waals surface area contributed by atoms with Crippen LogP contribution in [0.15, 0.2) is 35.9 Å². The van der Waals surface area contributed by atoms with Gasteiger partial charge in [0.1, 0.15) is 24.0 Å². The molecule has 0 fully saturated rings. The Labute approximate surface area is 184 Å². The molecular weight excluding hydrogens is 414 g/mol. The Bertz CT molecular complexity index is 1120. The summed E-state index contributed by atoms with van der Waals surface area (Å²) >= 11 is 0. The Morgan fingerprint density at radius 2 is 2.00 bits per heavy atom. The van der Waals surface area contributed by atoms with Crippen LogP contribution in [-0.2, 0) is 21.2 Å². The van der Waals surface area contributed by atoms with Crippen LogP contribution >= 0.6 is 0 Å². The molecule has 1 amide bonds. The number of hydrogen-bond acceptors (Lipinski definition) is 5. The lowest BCUT2D eigenvalue weighted by molar-refractivity contribution is -0.112. The zero-order valence-electron chi connectivity index (χ0n) is 18.6. The van der Waals surface area contributed by atoms with E-state index in [-0.39, 0.29) is 17.9 Å². The molecule has 1 heterocycles. The number of nitrogens with one attached hydrogen (secondary N) is 1. The lowest BCUT2D eigenvalue weighted by Crippen LogP contribution is -2.14. The number of sulfone groups is 1. The molecule has 8 heteroatoms. The molecule has 1 N–H and O–H groups in total. The number of anilines is 1. The number of carbonyl (C=O) groups is 1. The maximum absolute atomic E-state index is 12.7. The van der Waals surface area contributed by atoms with Gasteiger partial charge in [0.15, 0.2) is 9.84 Å². The quantitative estimate of drug-likeness (QED) is 0.470. The highest BCUT2D eigenvalue weighted by Crippen LogP contribution is 2.21. The molecule has 0 radical (unpaired) electrons. The fourth-order valence-corrected chi connectivity index (χ4v) is 3.48. The van der Waals surface area contributed by atoms with Gasteiger partial charge in [-0.2, -0.15) is 5.26 Å². The third kappa shape index (κ3) is 7.30. The predicted octanol–water partition coefficient (Wildman–Crippen LogP) is 3.73. The third-order valence-corrected chi connectivity index (χ3v) is 5.55. The van der Waals surface area contributed by atoms with E-state index in [1.165, 1.54) is 0 Å². The van der Waals surface area contributed by atoms with Crippen molar-refractivity contribution in [3.63, 3.8) is 0 Å². The lowest BCUT2D eigenvalue weighted by Gasteiger charge is -2.12. The van der Waals surface area contributed by atoms with Crippen LogP contribution in [0, 0.1) is 31.1 Å². The fourth-order valence-electron chi connectivity index (χ4n) is 3.10. The van der Waals surface area contributed by atoms with Crippen LogP contribution in [0.2, 0.25) is 0 Å². The van der Waals surface area contributed by atoms with Gasteiger partial charge in [-0.05, 0) is 49.6 Å². The number of rotatable bonds is 9. The normalized spacial score (nSPS) is 12.0. The largest absolute Gasteiger partial charge is 0.492 e. The maximum atomic E-state index is 12.7. The Kier molecular flexibility index (Phi) is 8.06. The van der Waals surface area contributed by atoms with Crippen molar-refractivity contribution in [2.24, 2.45) is 5.92 Å². The summed E-state index contributed by atoms with van der Waals surface area (Å²) in [6.07, 6.45) is 2.74. The Morgan fingerprint density at radius 1 is 1.29 bits per heavy atom. The molecule has 0 unspecified atom stereocenters. The van der Waals surface area contributed by atoms with E-state index in [1.54, 1.807) is 30.3 Å². The Hall–Kier alpha value is -3.05. The summed E-state index contributed by atoms with van der Waals surface area (Å²) in [4.78, 5) is 12.7. The molecule has 0 saturated carbocycles. The zero-order chi connectivity index (χ0) is 23.2. The summed E-state index contributed by atoms with van der Waals surface area (Å²) in [6.45, 7) is 9.15. The Morgan fingerprint density at radius 3 is 2.61 bits per heavy atom. The molecule has 166 valence electrons. The fraction of sp³-hybridized carbons (Fsp3) is 0.391. The minimum Gasteiger partial charge on any atom is -0.492 e. The molecule has 0 aliphatic rings. The molecule has 2 aromatic rings. The van der Waals surface area contributed by atoms with Gasteiger partial charge in [0, 0.05) is 35.9 Å². The first-order valence-electron chi connectivity index (χ1n) is 10.0. The van der Waals surface area contributed by atoms with Gasteiger partial charge in [-0.15, -0.1) is 0 Å². The summed E-state index contributed by atoms with van der Waals surface area (Å²) in [5.74, 6) is 0.290. The van der Waals surface area contributed by atoms with Crippen LogP contribution in [0.4, 0.5) is 5.69 Å². The number of nitriles is 1. The van der Waals surface area contributed by atoms with Crippen molar-refractivity contribution >= 4 is 27.5 Å². The van der Waals surface area contributed by atoms with E-state index in [9.17, 15) is 18.5 Å². The SMILES string of the molecule is Cc1cc(/C=C(/C#N)C(=O)Nc2cccc(OCCS(C)(=O)=O)c2)c(C)n1CC(C)C. The van der Waals surface area contributed by atoms with Crippen LogP contribution in [0.3, 0.4) is 0 Å². The van der Waals surface area contributed by atoms with Crippen molar-refractivity contribution in [2.45, 2.75) is 34.2 Å². The van der Waals surface area contributed by atoms with Crippen LogP contribution in [0.5, 0.6) is 5.75 Å². The number of amides is 1. The van der Waals surface area contributed by atoms with Crippen molar-refractivity contribution in [1.82, 2.24) is 4.57 Å². The number of ether oxygens (including phenoxy) is 1. The van der Waals surface area contributed by atoms with E-state index >= 15 is 0 Å². The number of aryl methyl sites for hydroxylation is 1. The van der Waals surface area contributed by atoms with Crippen molar-refractivity contribution in [1.29, 1.82) is 5.26 Å². The van der Waals surface area contributed by atoms with Crippen LogP contribution < -0.4 is 10.1 Å². The summed E-state index contributed by atoms with van der Waals surface area (Å²) in [6, 6.07) is 10.6. The minimum absolute atomic E-state index is 0.00630. The maximum Gasteiger partial charge on any atom is 0.266 e. The molecule has 0 spiro atoms. The molecule has 2 rings (SSSR count). The number of nitrogens with zero attached hydrogens (tertiary/aromatic N) is 2. The molecule has 0 aliphatic carbocycles. The number of benzene rings is 1. The number of hydrogen-bond donors (Lipinski definition) is 1. The molecule has 7 nitrogen and oxygen atoms in total. The van der Waals surface area contributed by atoms with Gasteiger partial charge in [-0.25, -0.2) is 8.42 Å². The monoisotopic (exact) mass is 443 g/mol. The first-order valence-corrected chi connectivity index (χ1v) is 12.1. The molecular formula is C23H29N3O4S. The van der Waals surface area contributed by atoms with Crippen molar-refractivity contribution < 1.29 is 17.9 Å². The lowest BCUT2D eigenvalue weighted by atomic mass is 10.1. The first kappa shape index (κ1) is 24.2. The molecule has 0 aliphatic heterocycles. The highest BCUT2D eigenvalue weighted by molar-refractivity contribution is 7.90. The van der Waals surface area contributed by atoms with Crippen molar-refractivity contribution in [2.75, 3.05) is 23.9 Å². The molecule has 1 aromatic heterocycles. The summed E-state index contributed by atoms with van der Waals surface area (Å²) < 4.78 is 30.0. The van der Waals surface area contributed by atoms with Crippen LogP contribution in [0.25, 0.3) is 6.08 Å². The first-order chi connectivity index (χ1) is 14.5. The molecule has 31 heavy (non-hydrogen) atoms. The molecule has 0 bridgehead atoms. The van der Waals surface area contributed by atoms with Gasteiger partial charge in [-0.1, -0.05) is 19.9 Å². The van der Waals surface area contributed by atoms with Gasteiger partial charge in [0.2, 0.25) is 0 Å². The molecule has 1 aromatic carbocycles. The second-order valence-corrected chi connectivity index (χ2v) is 10.2. The minimum atomic E-state index is -3.12. The van der Waals surface area contributed by atoms with Crippen molar-refractivity contribution in [3.05, 3.63) is 52.9 Å². The standard InChI is InChI=1S/C23H29N3O4S/c1-16(2)15-26-17(3)11-19(18(26)4)12-20(14-24)23(27)25-21-7-6-8-22(13-21)30-9-10-31(5,28)29/h6-8,11-13,16H,9-10,15H2,1-5H3,(H,25,27)/b20-12-. The zero-order valence-corrected chi connectivity index (χ0v) is 19.4. The van der Waals surface area contributed by atoms with E-state index in [2.05, 4.69) is 23.7 Å². The predicted molar refractivity (Wildman–Crippen MR) is 123 cm³/mol. The second kappa shape index (κ2) is 10.3. The van der Waals surface area contributed by atoms with E-state index in [0.717, 1.165) is 29.8 Å². The van der Waals surface area contributed by atoms with Gasteiger partial charge in [0.05, 0.1) is 5.75 Å². The van der Waals surface area contributed by atoms with Gasteiger partial charge in [0.25, 0.3) is 5.91 Å². The average molecular weight is 444 g/mol. The van der Waals surface area contributed by atoms with Crippen molar-refractivity contribution in [3.8, 4) is 11.8 Å². The Balaban J connectivity index is 2.15. The van der Waals surface area contributed by atoms with E-state index in [1.807, 2.05) is 26.0 Å². The number of carbonyl (C=O) groups excluding carboxylic acids is 1. The smallest absolute Gasteiger partial charge is 0.266 e. The van der Waals surface area contributed by atoms with E-state index in [4.69, 9.17) is 4.74 Å². The molecule has 0 saturated heterocycles. The van der Waals surface area contributed by atoms with E-state index < -0.39 is 15.7 Å². The summed E-state index contributed by atoms with van der Waals surface area (Å²) in [5.41, 5.74) is 3.37. The highest BCUT2D eigenvalue weighted by atomic mass is 32.2. The van der Waals surface area contributed by atoms with Gasteiger partial charge < -0.3 is 14.6 Å². The van der Waals surface area contributed by atoms with Crippen LogP contribution in [-0.4, -0.2) is 37.5 Å².